The number of urea groups is 1. The van der Waals surface area contributed by atoms with Gasteiger partial charge in [0, 0.05) is 24.2 Å². The first-order valence-electron chi connectivity index (χ1n) is 11.0. The molecule has 1 aliphatic carbocycles. The quantitative estimate of drug-likeness (QED) is 0.404. The van der Waals surface area contributed by atoms with Gasteiger partial charge in [-0.1, -0.05) is 43.3 Å². The number of nitrogens with zero attached hydrogens (tertiary/aromatic N) is 1. The first-order chi connectivity index (χ1) is 15.0. The Bertz CT molecular complexity index is 867. The summed E-state index contributed by atoms with van der Waals surface area (Å²) >= 11 is 0. The summed E-state index contributed by atoms with van der Waals surface area (Å²) in [4.78, 5) is 24.4. The summed E-state index contributed by atoms with van der Waals surface area (Å²) < 4.78 is 0. The van der Waals surface area contributed by atoms with Crippen LogP contribution in [-0.4, -0.2) is 47.4 Å². The van der Waals surface area contributed by atoms with Crippen molar-refractivity contribution in [3.63, 3.8) is 0 Å². The molecule has 0 aromatic heterocycles. The van der Waals surface area contributed by atoms with E-state index < -0.39 is 6.03 Å². The normalized spacial score (nSPS) is 18.3. The molecule has 31 heavy (non-hydrogen) atoms. The lowest BCUT2D eigenvalue weighted by molar-refractivity contribution is -0.0429. The maximum Gasteiger partial charge on any atom is 0.341 e. The van der Waals surface area contributed by atoms with Gasteiger partial charge in [0.15, 0.2) is 0 Å². The molecule has 2 aromatic carbocycles. The van der Waals surface area contributed by atoms with E-state index in [0.717, 1.165) is 43.2 Å². The molecule has 1 saturated carbocycles. The number of amides is 3. The summed E-state index contributed by atoms with van der Waals surface area (Å²) in [5.41, 5.74) is 9.88. The maximum absolute atomic E-state index is 12.4. The highest BCUT2D eigenvalue weighted by Crippen LogP contribution is 2.21. The van der Waals surface area contributed by atoms with E-state index in [0.29, 0.717) is 10.6 Å². The third kappa shape index (κ3) is 6.54. The van der Waals surface area contributed by atoms with Gasteiger partial charge in [-0.15, -0.1) is 0 Å². The number of benzene rings is 2. The summed E-state index contributed by atoms with van der Waals surface area (Å²) in [6, 6.07) is 15.3. The number of hydroxylamine groups is 2. The minimum absolute atomic E-state index is 0.00178. The minimum Gasteiger partial charge on any atom is -0.350 e. The van der Waals surface area contributed by atoms with Crippen molar-refractivity contribution in [3.05, 3.63) is 59.7 Å². The Morgan fingerprint density at radius 3 is 2.32 bits per heavy atom. The van der Waals surface area contributed by atoms with Crippen LogP contribution in [0.25, 0.3) is 11.1 Å². The third-order valence-electron chi connectivity index (χ3n) is 5.73. The van der Waals surface area contributed by atoms with E-state index in [-0.39, 0.29) is 31.1 Å². The molecule has 0 bridgehead atoms. The molecule has 7 nitrogen and oxygen atoms in total. The first-order valence-corrected chi connectivity index (χ1v) is 11.0. The predicted octanol–water partition coefficient (Wildman–Crippen LogP) is 3.32. The van der Waals surface area contributed by atoms with Crippen LogP contribution in [0.3, 0.4) is 0 Å². The van der Waals surface area contributed by atoms with Gasteiger partial charge in [-0.05, 0) is 60.9 Å². The molecule has 0 saturated heterocycles. The van der Waals surface area contributed by atoms with Crippen molar-refractivity contribution in [1.82, 2.24) is 15.7 Å². The van der Waals surface area contributed by atoms with Crippen LogP contribution < -0.4 is 16.4 Å². The van der Waals surface area contributed by atoms with Crippen molar-refractivity contribution in [3.8, 4) is 11.1 Å². The lowest BCUT2D eigenvalue weighted by Gasteiger charge is -2.28. The molecule has 7 heteroatoms. The van der Waals surface area contributed by atoms with Crippen LogP contribution in [0.1, 0.15) is 48.5 Å². The van der Waals surface area contributed by atoms with Crippen LogP contribution in [0.2, 0.25) is 0 Å². The standard InChI is InChI=1S/C24H32N4O3/c1-2-17-6-8-18(9-7-17)19-10-12-20(13-11-19)23(29)26-14-15-28(31)24(30)27-22-5-3-4-21(25)16-22/h6-13,21-22,31H,2-5,14-16,25H2,1H3,(H,26,29)(H,27,30). The minimum atomic E-state index is -0.563. The lowest BCUT2D eigenvalue weighted by atomic mass is 9.92. The number of carbonyl (C=O) groups is 2. The number of hydrogen-bond acceptors (Lipinski definition) is 4. The van der Waals surface area contributed by atoms with Gasteiger partial charge in [0.1, 0.15) is 0 Å². The Kier molecular flexibility index (Phi) is 8.03. The van der Waals surface area contributed by atoms with Gasteiger partial charge < -0.3 is 16.4 Å². The van der Waals surface area contributed by atoms with E-state index in [1.54, 1.807) is 12.1 Å². The highest BCUT2D eigenvalue weighted by atomic mass is 16.5. The molecule has 2 atom stereocenters. The number of nitrogens with one attached hydrogen (secondary N) is 2. The average molecular weight is 425 g/mol. The van der Waals surface area contributed by atoms with Crippen LogP contribution in [0, 0.1) is 0 Å². The summed E-state index contributed by atoms with van der Waals surface area (Å²) in [6.45, 7) is 2.27. The van der Waals surface area contributed by atoms with Crippen molar-refractivity contribution in [2.45, 2.75) is 51.1 Å². The van der Waals surface area contributed by atoms with Gasteiger partial charge in [-0.25, -0.2) is 9.86 Å². The van der Waals surface area contributed by atoms with Crippen molar-refractivity contribution in [2.24, 2.45) is 5.73 Å². The van der Waals surface area contributed by atoms with Crippen LogP contribution in [-0.2, 0) is 6.42 Å². The van der Waals surface area contributed by atoms with Crippen LogP contribution in [0.15, 0.2) is 48.5 Å². The van der Waals surface area contributed by atoms with E-state index in [4.69, 9.17) is 5.73 Å². The monoisotopic (exact) mass is 424 g/mol. The second kappa shape index (κ2) is 10.9. The average Bonchev–Trinajstić information content (AvgIpc) is 2.79. The van der Waals surface area contributed by atoms with E-state index in [9.17, 15) is 14.8 Å². The highest BCUT2D eigenvalue weighted by molar-refractivity contribution is 5.94. The van der Waals surface area contributed by atoms with Crippen molar-refractivity contribution >= 4 is 11.9 Å². The zero-order valence-electron chi connectivity index (χ0n) is 18.0. The molecule has 2 aromatic rings. The largest absolute Gasteiger partial charge is 0.350 e. The Morgan fingerprint density at radius 2 is 1.71 bits per heavy atom. The summed E-state index contributed by atoms with van der Waals surface area (Å²) in [7, 11) is 0. The van der Waals surface area contributed by atoms with Crippen molar-refractivity contribution in [2.75, 3.05) is 13.1 Å². The molecular weight excluding hydrogens is 392 g/mol. The summed E-state index contributed by atoms with van der Waals surface area (Å²) in [5, 5.41) is 16.1. The highest BCUT2D eigenvalue weighted by Gasteiger charge is 2.22. The topological polar surface area (TPSA) is 108 Å². The molecule has 3 amide bonds. The molecule has 1 fully saturated rings. The molecular formula is C24H32N4O3. The number of hydrogen-bond donors (Lipinski definition) is 4. The Labute approximate surface area is 183 Å². The van der Waals surface area contributed by atoms with Crippen LogP contribution in [0.5, 0.6) is 0 Å². The Morgan fingerprint density at radius 1 is 1.06 bits per heavy atom. The molecule has 0 heterocycles. The molecule has 0 aliphatic heterocycles. The van der Waals surface area contributed by atoms with Gasteiger partial charge in [0.2, 0.25) is 0 Å². The molecule has 0 radical (unpaired) electrons. The summed E-state index contributed by atoms with van der Waals surface area (Å²) in [6.07, 6.45) is 4.52. The molecule has 166 valence electrons. The zero-order chi connectivity index (χ0) is 22.2. The smallest absolute Gasteiger partial charge is 0.341 e. The third-order valence-corrected chi connectivity index (χ3v) is 5.73. The second-order valence-electron chi connectivity index (χ2n) is 8.08. The van der Waals surface area contributed by atoms with E-state index in [2.05, 4.69) is 41.8 Å². The van der Waals surface area contributed by atoms with Crippen LogP contribution in [0.4, 0.5) is 4.79 Å². The number of aryl methyl sites for hydroxylation is 1. The number of rotatable bonds is 7. The fourth-order valence-corrected chi connectivity index (χ4v) is 3.83. The van der Waals surface area contributed by atoms with Gasteiger partial charge in [-0.2, -0.15) is 0 Å². The van der Waals surface area contributed by atoms with Crippen molar-refractivity contribution < 1.29 is 14.8 Å². The SMILES string of the molecule is CCc1ccc(-c2ccc(C(=O)NCCN(O)C(=O)NC3CCCC(N)C3)cc2)cc1. The molecule has 2 unspecified atom stereocenters. The van der Waals surface area contributed by atoms with Gasteiger partial charge >= 0.3 is 6.03 Å². The van der Waals surface area contributed by atoms with Crippen molar-refractivity contribution in [1.29, 1.82) is 0 Å². The molecule has 1 aliphatic rings. The van der Waals surface area contributed by atoms with Gasteiger partial charge in [0.05, 0.1) is 6.54 Å². The van der Waals surface area contributed by atoms with Crippen LogP contribution >= 0.6 is 0 Å². The van der Waals surface area contributed by atoms with E-state index in [1.165, 1.54) is 5.56 Å². The maximum atomic E-state index is 12.4. The lowest BCUT2D eigenvalue weighted by Crippen LogP contribution is -2.48. The Hall–Kier alpha value is -2.90. The second-order valence-corrected chi connectivity index (χ2v) is 8.08. The molecule has 0 spiro atoms. The van der Waals surface area contributed by atoms with Gasteiger partial charge in [-0.3, -0.25) is 10.0 Å². The molecule has 3 rings (SSSR count). The molecule has 5 N–H and O–H groups in total. The zero-order valence-corrected chi connectivity index (χ0v) is 18.0. The number of nitrogens with two attached hydrogens (primary N) is 1. The first kappa shape index (κ1) is 22.8. The number of carbonyl (C=O) groups excluding carboxylic acids is 2. The van der Waals surface area contributed by atoms with E-state index >= 15 is 0 Å². The summed E-state index contributed by atoms with van der Waals surface area (Å²) in [5.74, 6) is -0.250. The fourth-order valence-electron chi connectivity index (χ4n) is 3.83. The predicted molar refractivity (Wildman–Crippen MR) is 121 cm³/mol. The van der Waals surface area contributed by atoms with E-state index in [1.807, 2.05) is 12.1 Å². The van der Waals surface area contributed by atoms with Gasteiger partial charge in [0.25, 0.3) is 5.91 Å². The Balaban J connectivity index is 1.44. The fraction of sp³-hybridized carbons (Fsp3) is 0.417.